The number of amides is 2. The summed E-state index contributed by atoms with van der Waals surface area (Å²) in [6.07, 6.45) is -2.75. The lowest BCUT2D eigenvalue weighted by molar-refractivity contribution is -0.274. The first-order valence-electron chi connectivity index (χ1n) is 12.6. The van der Waals surface area contributed by atoms with Gasteiger partial charge in [0.1, 0.15) is 17.4 Å². The number of hydrogen-bond acceptors (Lipinski definition) is 8. The van der Waals surface area contributed by atoms with Crippen LogP contribution in [0.15, 0.2) is 30.5 Å². The van der Waals surface area contributed by atoms with Crippen LogP contribution in [0, 0.1) is 5.92 Å². The van der Waals surface area contributed by atoms with E-state index in [2.05, 4.69) is 25.5 Å². The molecule has 0 saturated carbocycles. The molecule has 212 valence electrons. The number of benzene rings is 1. The maximum atomic E-state index is 13.6. The van der Waals surface area contributed by atoms with E-state index in [-0.39, 0.29) is 22.7 Å². The van der Waals surface area contributed by atoms with Crippen molar-refractivity contribution < 1.29 is 32.2 Å². The number of alkyl halides is 3. The smallest absolute Gasteiger partial charge is 0.443 e. The number of imidazole rings is 1. The van der Waals surface area contributed by atoms with Gasteiger partial charge >= 0.3 is 12.5 Å². The number of piperidine rings is 1. The highest BCUT2D eigenvalue weighted by Gasteiger charge is 2.41. The van der Waals surface area contributed by atoms with E-state index in [4.69, 9.17) is 4.74 Å². The van der Waals surface area contributed by atoms with Gasteiger partial charge in [0.25, 0.3) is 0 Å². The molecule has 1 saturated heterocycles. The Balaban J connectivity index is 1.78. The molecule has 1 unspecified atom stereocenters. The minimum absolute atomic E-state index is 0.155. The van der Waals surface area contributed by atoms with Gasteiger partial charge in [0.15, 0.2) is 0 Å². The number of anilines is 1. The number of carbonyl (C=O) groups excluding carboxylic acids is 2. The Bertz CT molecular complexity index is 1310. The lowest BCUT2D eigenvalue weighted by atomic mass is 9.88. The normalized spacial score (nSPS) is 15.7. The van der Waals surface area contributed by atoms with Gasteiger partial charge in [0.2, 0.25) is 16.0 Å². The zero-order chi connectivity index (χ0) is 28.4. The van der Waals surface area contributed by atoms with Gasteiger partial charge in [-0.1, -0.05) is 23.5 Å². The fourth-order valence-electron chi connectivity index (χ4n) is 4.43. The van der Waals surface area contributed by atoms with Crippen LogP contribution >= 0.6 is 11.3 Å². The molecule has 39 heavy (non-hydrogen) atoms. The van der Waals surface area contributed by atoms with E-state index in [1.807, 2.05) is 0 Å². The maximum Gasteiger partial charge on any atom is 0.573 e. The number of nitrogens with zero attached hydrogens (tertiary/aromatic N) is 4. The van der Waals surface area contributed by atoms with Gasteiger partial charge in [0, 0.05) is 12.1 Å². The second-order valence-corrected chi connectivity index (χ2v) is 11.0. The Hall–Kier alpha value is -3.39. The first kappa shape index (κ1) is 28.6. The molecule has 0 aliphatic carbocycles. The van der Waals surface area contributed by atoms with E-state index < -0.39 is 24.1 Å². The molecule has 10 nitrogen and oxygen atoms in total. The van der Waals surface area contributed by atoms with E-state index >= 15 is 0 Å². The van der Waals surface area contributed by atoms with E-state index in [0.29, 0.717) is 48.7 Å². The highest BCUT2D eigenvalue weighted by molar-refractivity contribution is 7.20. The summed E-state index contributed by atoms with van der Waals surface area (Å²) in [4.78, 5) is 33.0. The summed E-state index contributed by atoms with van der Waals surface area (Å²) in [5, 5.41) is 10.9. The van der Waals surface area contributed by atoms with Crippen LogP contribution < -0.4 is 20.3 Å². The molecule has 0 spiro atoms. The van der Waals surface area contributed by atoms with Gasteiger partial charge in [0.05, 0.1) is 11.9 Å². The van der Waals surface area contributed by atoms with Crippen molar-refractivity contribution in [1.82, 2.24) is 25.2 Å². The fourth-order valence-corrected chi connectivity index (χ4v) is 5.34. The molecular weight excluding hydrogens is 537 g/mol. The largest absolute Gasteiger partial charge is 0.573 e. The van der Waals surface area contributed by atoms with Crippen molar-refractivity contribution in [2.75, 3.05) is 24.5 Å². The molecule has 3 heterocycles. The molecule has 2 amide bonds. The van der Waals surface area contributed by atoms with E-state index in [9.17, 15) is 22.8 Å². The van der Waals surface area contributed by atoms with Crippen LogP contribution in [0.1, 0.15) is 40.5 Å². The fraction of sp³-hybridized carbons (Fsp3) is 0.520. The van der Waals surface area contributed by atoms with Gasteiger partial charge < -0.3 is 20.1 Å². The minimum atomic E-state index is -4.84. The first-order valence-corrected chi connectivity index (χ1v) is 13.4. The van der Waals surface area contributed by atoms with Gasteiger partial charge in [-0.05, 0) is 71.7 Å². The third-order valence-electron chi connectivity index (χ3n) is 5.96. The molecule has 1 aliphatic heterocycles. The average Bonchev–Trinajstić information content (AvgIpc) is 3.41. The minimum Gasteiger partial charge on any atom is -0.443 e. The molecule has 14 heteroatoms. The van der Waals surface area contributed by atoms with Crippen LogP contribution in [0.4, 0.5) is 23.1 Å². The number of carbonyl (C=O) groups is 2. The number of nitrogens with one attached hydrogen (secondary N) is 2. The van der Waals surface area contributed by atoms with Crippen molar-refractivity contribution in [2.24, 2.45) is 5.92 Å². The number of rotatable bonds is 7. The lowest BCUT2D eigenvalue weighted by Gasteiger charge is -2.36. The van der Waals surface area contributed by atoms with Crippen LogP contribution in [0.25, 0.3) is 16.2 Å². The predicted molar refractivity (Wildman–Crippen MR) is 140 cm³/mol. The first-order chi connectivity index (χ1) is 18.4. The zero-order valence-electron chi connectivity index (χ0n) is 22.0. The van der Waals surface area contributed by atoms with Gasteiger partial charge in [-0.15, -0.1) is 18.3 Å². The third-order valence-corrected chi connectivity index (χ3v) is 6.88. The van der Waals surface area contributed by atoms with Crippen molar-refractivity contribution in [3.63, 3.8) is 0 Å². The molecule has 4 rings (SSSR count). The Labute approximate surface area is 227 Å². The zero-order valence-corrected chi connectivity index (χ0v) is 22.9. The van der Waals surface area contributed by atoms with Gasteiger partial charge in [-0.2, -0.15) is 0 Å². The summed E-state index contributed by atoms with van der Waals surface area (Å²) in [5.41, 5.74) is -0.0688. The van der Waals surface area contributed by atoms with Crippen molar-refractivity contribution in [3.8, 4) is 17.0 Å². The molecule has 2 aromatic heterocycles. The maximum absolute atomic E-state index is 13.6. The standard InChI is InChI=1S/C25H31F3N6O4S/c1-5-30-20(35)19(15-9-11-29-12-10-15)33(23(36)38-24(2,3)4)22-32-34-18(14-31-21(34)39-22)16-7-6-8-17(13-16)37-25(26,27)28/h6-8,13-15,19,29H,5,9-12H2,1-4H3,(H,30,35). The highest BCUT2D eigenvalue weighted by atomic mass is 32.1. The molecule has 2 N–H and O–H groups in total. The predicted octanol–water partition coefficient (Wildman–Crippen LogP) is 4.60. The van der Waals surface area contributed by atoms with E-state index in [1.165, 1.54) is 33.8 Å². The average molecular weight is 569 g/mol. The molecule has 0 bridgehead atoms. The van der Waals surface area contributed by atoms with Crippen molar-refractivity contribution in [1.29, 1.82) is 0 Å². The molecule has 1 fully saturated rings. The van der Waals surface area contributed by atoms with Gasteiger partial charge in [-0.25, -0.2) is 19.2 Å². The number of ether oxygens (including phenoxy) is 2. The molecular formula is C25H31F3N6O4S. The van der Waals surface area contributed by atoms with Crippen LogP contribution in [0.5, 0.6) is 5.75 Å². The number of fused-ring (bicyclic) bond motifs is 1. The Morgan fingerprint density at radius 2 is 1.97 bits per heavy atom. The SMILES string of the molecule is CCNC(=O)C(C1CCNCC1)N(C(=O)OC(C)(C)C)c1nn2c(-c3cccc(OC(F)(F)F)c3)cnc2s1. The van der Waals surface area contributed by atoms with Crippen LogP contribution in [-0.4, -0.2) is 64.2 Å². The summed E-state index contributed by atoms with van der Waals surface area (Å²) < 4.78 is 49.5. The number of hydrogen-bond donors (Lipinski definition) is 2. The summed E-state index contributed by atoms with van der Waals surface area (Å²) in [6.45, 7) is 8.78. The van der Waals surface area contributed by atoms with Crippen LogP contribution in [0.3, 0.4) is 0 Å². The summed E-state index contributed by atoms with van der Waals surface area (Å²) in [7, 11) is 0. The lowest BCUT2D eigenvalue weighted by Crippen LogP contribution is -2.56. The molecule has 1 aliphatic rings. The Morgan fingerprint density at radius 1 is 1.26 bits per heavy atom. The molecule has 0 radical (unpaired) electrons. The summed E-state index contributed by atoms with van der Waals surface area (Å²) >= 11 is 1.08. The molecule has 1 aromatic carbocycles. The number of aromatic nitrogens is 3. The monoisotopic (exact) mass is 568 g/mol. The van der Waals surface area contributed by atoms with Crippen molar-refractivity contribution in [3.05, 3.63) is 30.5 Å². The second kappa shape index (κ2) is 11.4. The highest BCUT2D eigenvalue weighted by Crippen LogP contribution is 2.34. The number of likely N-dealkylation sites (N-methyl/N-ethyl adjacent to an activating group) is 1. The Kier molecular flexibility index (Phi) is 8.35. The quantitative estimate of drug-likeness (QED) is 0.429. The molecule has 1 atom stereocenters. The summed E-state index contributed by atoms with van der Waals surface area (Å²) in [6, 6.07) is 4.57. The molecule has 3 aromatic rings. The van der Waals surface area contributed by atoms with Gasteiger partial charge in [-0.3, -0.25) is 4.79 Å². The van der Waals surface area contributed by atoms with E-state index in [1.54, 1.807) is 33.8 Å². The number of halogens is 3. The Morgan fingerprint density at radius 3 is 2.62 bits per heavy atom. The van der Waals surface area contributed by atoms with Crippen LogP contribution in [0.2, 0.25) is 0 Å². The summed E-state index contributed by atoms with van der Waals surface area (Å²) in [5.74, 6) is -0.861. The topological polar surface area (TPSA) is 110 Å². The van der Waals surface area contributed by atoms with E-state index in [0.717, 1.165) is 11.3 Å². The van der Waals surface area contributed by atoms with Crippen LogP contribution in [-0.2, 0) is 9.53 Å². The van der Waals surface area contributed by atoms with Crippen molar-refractivity contribution in [2.45, 2.75) is 58.5 Å². The van der Waals surface area contributed by atoms with Crippen molar-refractivity contribution >= 4 is 33.4 Å². The second-order valence-electron chi connectivity index (χ2n) is 10.1. The third kappa shape index (κ3) is 6.98.